The average Bonchev–Trinajstić information content (AvgIpc) is 2.90. The summed E-state index contributed by atoms with van der Waals surface area (Å²) in [4.78, 5) is 0. The number of aryl methyl sites for hydroxylation is 1. The van der Waals surface area contributed by atoms with Crippen LogP contribution in [-0.4, -0.2) is 0 Å². The van der Waals surface area contributed by atoms with Crippen molar-refractivity contribution < 1.29 is 5.11 Å². The van der Waals surface area contributed by atoms with E-state index in [0.717, 1.165) is 5.56 Å². The lowest BCUT2D eigenvalue weighted by Crippen LogP contribution is -2.38. The van der Waals surface area contributed by atoms with Crippen molar-refractivity contribution in [2.24, 2.45) is 0 Å². The van der Waals surface area contributed by atoms with Crippen molar-refractivity contribution in [3.8, 4) is 5.75 Å². The van der Waals surface area contributed by atoms with Gasteiger partial charge in [0.1, 0.15) is 28.5 Å². The van der Waals surface area contributed by atoms with Gasteiger partial charge in [0.2, 0.25) is 0 Å². The van der Waals surface area contributed by atoms with E-state index in [2.05, 4.69) is 121 Å². The Bertz CT molecular complexity index is 1140. The van der Waals surface area contributed by atoms with Gasteiger partial charge < -0.3 is 5.11 Å². The third-order valence-electron chi connectivity index (χ3n) is 5.70. The summed E-state index contributed by atoms with van der Waals surface area (Å²) in [6.45, 7) is 1.81. The number of hydrogen-bond donors (Lipinski definition) is 0. The summed E-state index contributed by atoms with van der Waals surface area (Å²) < 4.78 is 0. The third kappa shape index (κ3) is 5.07. The van der Waals surface area contributed by atoms with Gasteiger partial charge in [-0.3, -0.25) is 0 Å². The molecule has 0 aliphatic carbocycles. The molecular formula is C31H26ClOP. The molecule has 168 valence electrons. The summed E-state index contributed by atoms with van der Waals surface area (Å²) in [5.41, 5.74) is 0.837. The Morgan fingerprint density at radius 2 is 0.824 bits per heavy atom. The zero-order valence-electron chi connectivity index (χ0n) is 19.0. The molecule has 5 aromatic carbocycles. The van der Waals surface area contributed by atoms with Crippen LogP contribution in [0.15, 0.2) is 140 Å². The first-order valence-corrected chi connectivity index (χ1v) is 13.3. The van der Waals surface area contributed by atoms with Crippen molar-refractivity contribution in [1.29, 1.82) is 0 Å². The van der Waals surface area contributed by atoms with E-state index in [1.54, 1.807) is 6.07 Å². The van der Waals surface area contributed by atoms with Crippen LogP contribution in [0.4, 0.5) is 0 Å². The largest absolute Gasteiger partial charge is 0.872 e. The maximum absolute atomic E-state index is 10.6. The van der Waals surface area contributed by atoms with Gasteiger partial charge in [-0.25, -0.2) is 0 Å². The van der Waals surface area contributed by atoms with Gasteiger partial charge in [0, 0.05) is 5.02 Å². The predicted octanol–water partition coefficient (Wildman–Crippen LogP) is 6.03. The molecule has 0 radical (unpaired) electrons. The van der Waals surface area contributed by atoms with E-state index in [-0.39, 0.29) is 5.75 Å². The minimum atomic E-state index is -1.91. The zero-order valence-corrected chi connectivity index (χ0v) is 20.7. The first-order chi connectivity index (χ1) is 16.6. The minimum absolute atomic E-state index is 0.0110. The monoisotopic (exact) mass is 480 g/mol. The predicted molar refractivity (Wildman–Crippen MR) is 147 cm³/mol. The summed E-state index contributed by atoms with van der Waals surface area (Å²) >= 11 is 5.64. The quantitative estimate of drug-likeness (QED) is 0.288. The third-order valence-corrected chi connectivity index (χ3v) is 10.4. The van der Waals surface area contributed by atoms with E-state index in [4.69, 9.17) is 11.6 Å². The number of hydrogen-bond acceptors (Lipinski definition) is 1. The van der Waals surface area contributed by atoms with Gasteiger partial charge >= 0.3 is 0 Å². The van der Waals surface area contributed by atoms with Crippen LogP contribution in [0.5, 0.6) is 5.75 Å². The lowest BCUT2D eigenvalue weighted by atomic mass is 10.2. The van der Waals surface area contributed by atoms with Crippen LogP contribution in [0, 0.1) is 6.92 Å². The molecule has 0 aromatic heterocycles. The Morgan fingerprint density at radius 3 is 1.09 bits per heavy atom. The molecule has 0 atom stereocenters. The highest BCUT2D eigenvalue weighted by molar-refractivity contribution is 8.01. The van der Waals surface area contributed by atoms with E-state index >= 15 is 0 Å². The second kappa shape index (κ2) is 11.2. The van der Waals surface area contributed by atoms with Gasteiger partial charge in [0.15, 0.2) is 0 Å². The van der Waals surface area contributed by atoms with Crippen LogP contribution in [0.3, 0.4) is 0 Å². The molecule has 0 heterocycles. The molecule has 0 N–H and O–H groups in total. The van der Waals surface area contributed by atoms with Crippen molar-refractivity contribution in [2.45, 2.75) is 6.92 Å². The minimum Gasteiger partial charge on any atom is -0.872 e. The topological polar surface area (TPSA) is 23.1 Å². The summed E-state index contributed by atoms with van der Waals surface area (Å²) in [5.74, 6) is 0.0110. The van der Waals surface area contributed by atoms with Crippen molar-refractivity contribution in [3.05, 3.63) is 150 Å². The molecule has 0 aliphatic heterocycles. The number of halogens is 1. The Hall–Kier alpha value is -3.38. The van der Waals surface area contributed by atoms with Crippen LogP contribution in [0.2, 0.25) is 5.02 Å². The molecule has 1 nitrogen and oxygen atoms in total. The van der Waals surface area contributed by atoms with Gasteiger partial charge in [-0.2, -0.15) is 0 Å². The van der Waals surface area contributed by atoms with Gasteiger partial charge in [-0.05, 0) is 67.1 Å². The fraction of sp³-hybridized carbons (Fsp3) is 0.0323. The van der Waals surface area contributed by atoms with Gasteiger partial charge in [-0.15, -0.1) is 5.75 Å². The van der Waals surface area contributed by atoms with Gasteiger partial charge in [0.05, 0.1) is 0 Å². The molecule has 0 amide bonds. The summed E-state index contributed by atoms with van der Waals surface area (Å²) in [7, 11) is -1.91. The smallest absolute Gasteiger partial charge is 0.144 e. The van der Waals surface area contributed by atoms with Crippen molar-refractivity contribution in [2.75, 3.05) is 0 Å². The van der Waals surface area contributed by atoms with Gasteiger partial charge in [-0.1, -0.05) is 96.5 Å². The Balaban J connectivity index is 0.000000257. The molecule has 34 heavy (non-hydrogen) atoms. The molecule has 0 spiro atoms. The van der Waals surface area contributed by atoms with Gasteiger partial charge in [0.25, 0.3) is 0 Å². The molecule has 0 fully saturated rings. The van der Waals surface area contributed by atoms with E-state index < -0.39 is 7.26 Å². The Kier molecular flexibility index (Phi) is 7.80. The molecule has 0 bridgehead atoms. The van der Waals surface area contributed by atoms with Crippen molar-refractivity contribution in [3.63, 3.8) is 0 Å². The second-order valence-corrected chi connectivity index (χ2v) is 11.7. The lowest BCUT2D eigenvalue weighted by Gasteiger charge is -2.27. The Labute approximate surface area is 207 Å². The highest BCUT2D eigenvalue weighted by Crippen LogP contribution is 2.53. The maximum atomic E-state index is 10.6. The molecule has 0 unspecified atom stereocenters. The highest BCUT2D eigenvalue weighted by Gasteiger charge is 2.47. The van der Waals surface area contributed by atoms with Crippen LogP contribution < -0.4 is 26.3 Å². The summed E-state index contributed by atoms with van der Waals surface area (Å²) in [6.07, 6.45) is 0. The summed E-state index contributed by atoms with van der Waals surface area (Å²) in [6, 6.07) is 48.4. The zero-order chi connectivity index (χ0) is 23.8. The molecular weight excluding hydrogens is 455 g/mol. The first-order valence-electron chi connectivity index (χ1n) is 11.2. The fourth-order valence-corrected chi connectivity index (χ4v) is 8.50. The summed E-state index contributed by atoms with van der Waals surface area (Å²) in [5, 5.41) is 16.8. The SMILES string of the molecule is Cc1cc([O-])ccc1Cl.c1ccc([P+](c2ccccc2)(c2ccccc2)c2ccccc2)cc1. The van der Waals surface area contributed by atoms with Crippen LogP contribution >= 0.6 is 18.9 Å². The molecule has 5 rings (SSSR count). The van der Waals surface area contributed by atoms with Crippen molar-refractivity contribution in [1.82, 2.24) is 0 Å². The standard InChI is InChI=1S/C24H20P.C7H7ClO/c1-5-13-21(14-6-1)25(22-15-7-2-8-16-22,23-17-9-3-10-18-23)24-19-11-4-12-20-24;1-5-4-6(9)2-3-7(5)8/h1-20H;2-4,9H,1H3/q+1;/p-1. The van der Waals surface area contributed by atoms with E-state index in [1.807, 2.05) is 6.92 Å². The molecule has 0 aliphatic rings. The second-order valence-electron chi connectivity index (χ2n) is 7.92. The molecule has 5 aromatic rings. The Morgan fingerprint density at radius 1 is 0.500 bits per heavy atom. The van der Waals surface area contributed by atoms with E-state index in [0.29, 0.717) is 5.02 Å². The van der Waals surface area contributed by atoms with E-state index in [9.17, 15) is 5.11 Å². The normalized spacial score (nSPS) is 10.8. The molecule has 0 saturated heterocycles. The van der Waals surface area contributed by atoms with E-state index in [1.165, 1.54) is 33.4 Å². The lowest BCUT2D eigenvalue weighted by molar-refractivity contribution is -0.268. The molecule has 0 saturated carbocycles. The van der Waals surface area contributed by atoms with Crippen LogP contribution in [0.1, 0.15) is 5.56 Å². The first kappa shape index (κ1) is 23.8. The highest BCUT2D eigenvalue weighted by atomic mass is 35.5. The fourth-order valence-electron chi connectivity index (χ4n) is 4.12. The number of rotatable bonds is 4. The number of benzene rings is 5. The molecule has 3 heteroatoms. The average molecular weight is 481 g/mol. The van der Waals surface area contributed by atoms with Crippen LogP contribution in [-0.2, 0) is 0 Å². The van der Waals surface area contributed by atoms with Crippen molar-refractivity contribution >= 4 is 40.1 Å². The van der Waals surface area contributed by atoms with Crippen LogP contribution in [0.25, 0.3) is 0 Å². The maximum Gasteiger partial charge on any atom is 0.144 e.